The highest BCUT2D eigenvalue weighted by molar-refractivity contribution is 9.10. The Morgan fingerprint density at radius 3 is 2.67 bits per heavy atom. The van der Waals surface area contributed by atoms with Crippen LogP contribution in [-0.4, -0.2) is 11.4 Å². The van der Waals surface area contributed by atoms with Crippen molar-refractivity contribution in [3.8, 4) is 0 Å². The first-order chi connectivity index (χ1) is 6.80. The minimum atomic E-state index is -0.994. The highest BCUT2D eigenvalue weighted by Crippen LogP contribution is 2.23. The minimum Gasteiger partial charge on any atom is -0.323 e. The Morgan fingerprint density at radius 1 is 1.53 bits per heavy atom. The Bertz CT molecular complexity index is 387. The van der Waals surface area contributed by atoms with Crippen LogP contribution in [0.1, 0.15) is 13.8 Å². The van der Waals surface area contributed by atoms with Gasteiger partial charge in [0.2, 0.25) is 5.91 Å². The molecule has 1 aromatic carbocycles. The Labute approximate surface area is 96.0 Å². The normalized spacial score (nSPS) is 11.3. The van der Waals surface area contributed by atoms with Crippen LogP contribution >= 0.6 is 15.9 Å². The summed E-state index contributed by atoms with van der Waals surface area (Å²) >= 11 is 3.20. The lowest BCUT2D eigenvalue weighted by molar-refractivity contribution is -0.120. The molecular formula is C10H12BrFN2O. The summed E-state index contributed by atoms with van der Waals surface area (Å²) in [6.07, 6.45) is 0. The maximum Gasteiger partial charge on any atom is 0.243 e. The molecule has 1 rings (SSSR count). The van der Waals surface area contributed by atoms with E-state index in [-0.39, 0.29) is 5.91 Å². The lowest BCUT2D eigenvalue weighted by Gasteiger charge is -2.18. The molecule has 0 saturated heterocycles. The second-order valence-electron chi connectivity index (χ2n) is 3.80. The minimum absolute atomic E-state index is 0.367. The molecule has 1 aromatic rings. The van der Waals surface area contributed by atoms with Crippen molar-refractivity contribution in [1.29, 1.82) is 0 Å². The van der Waals surface area contributed by atoms with Crippen molar-refractivity contribution < 1.29 is 9.18 Å². The third-order valence-electron chi connectivity index (χ3n) is 1.76. The van der Waals surface area contributed by atoms with E-state index in [1.807, 2.05) is 0 Å². The second-order valence-corrected chi connectivity index (χ2v) is 4.65. The number of hydrogen-bond acceptors (Lipinski definition) is 2. The van der Waals surface area contributed by atoms with Crippen molar-refractivity contribution in [2.45, 2.75) is 19.4 Å². The van der Waals surface area contributed by atoms with Crippen LogP contribution in [0, 0.1) is 5.82 Å². The predicted molar refractivity (Wildman–Crippen MR) is 61.0 cm³/mol. The maximum absolute atomic E-state index is 12.9. The Morgan fingerprint density at radius 2 is 2.13 bits per heavy atom. The van der Waals surface area contributed by atoms with E-state index in [2.05, 4.69) is 21.2 Å². The zero-order chi connectivity index (χ0) is 11.6. The van der Waals surface area contributed by atoms with E-state index in [9.17, 15) is 9.18 Å². The van der Waals surface area contributed by atoms with Gasteiger partial charge in [-0.15, -0.1) is 0 Å². The van der Waals surface area contributed by atoms with E-state index in [4.69, 9.17) is 5.73 Å². The van der Waals surface area contributed by atoms with Crippen molar-refractivity contribution in [1.82, 2.24) is 0 Å². The van der Waals surface area contributed by atoms with Crippen molar-refractivity contribution in [3.63, 3.8) is 0 Å². The van der Waals surface area contributed by atoms with Gasteiger partial charge in [-0.25, -0.2) is 4.39 Å². The van der Waals surface area contributed by atoms with Gasteiger partial charge in [-0.1, -0.05) is 0 Å². The van der Waals surface area contributed by atoms with E-state index in [0.29, 0.717) is 10.2 Å². The molecule has 82 valence electrons. The quantitative estimate of drug-likeness (QED) is 0.869. The van der Waals surface area contributed by atoms with Crippen molar-refractivity contribution in [2.24, 2.45) is 5.73 Å². The van der Waals surface area contributed by atoms with Gasteiger partial charge in [-0.3, -0.25) is 4.79 Å². The van der Waals surface area contributed by atoms with Crippen LogP contribution < -0.4 is 11.1 Å². The zero-order valence-corrected chi connectivity index (χ0v) is 10.1. The molecule has 0 aliphatic carbocycles. The van der Waals surface area contributed by atoms with Gasteiger partial charge in [0, 0.05) is 4.47 Å². The number of nitrogens with one attached hydrogen (secondary N) is 1. The molecule has 0 saturated carbocycles. The first-order valence-corrected chi connectivity index (χ1v) is 5.15. The van der Waals surface area contributed by atoms with E-state index >= 15 is 0 Å². The molecule has 0 aliphatic rings. The highest BCUT2D eigenvalue weighted by Gasteiger charge is 2.22. The topological polar surface area (TPSA) is 55.1 Å². The monoisotopic (exact) mass is 274 g/mol. The summed E-state index contributed by atoms with van der Waals surface area (Å²) < 4.78 is 13.5. The number of anilines is 1. The summed E-state index contributed by atoms with van der Waals surface area (Å²) in [5, 5.41) is 2.54. The molecule has 0 aromatic heterocycles. The molecule has 15 heavy (non-hydrogen) atoms. The SMILES string of the molecule is CC(C)(N)C(=O)Nc1cc(F)ccc1Br. The molecule has 0 radical (unpaired) electrons. The highest BCUT2D eigenvalue weighted by atomic mass is 79.9. The van der Waals surface area contributed by atoms with Gasteiger partial charge in [0.15, 0.2) is 0 Å². The molecule has 0 heterocycles. The van der Waals surface area contributed by atoms with Crippen LogP contribution in [-0.2, 0) is 4.79 Å². The van der Waals surface area contributed by atoms with Crippen LogP contribution in [0.25, 0.3) is 0 Å². The fourth-order valence-electron chi connectivity index (χ4n) is 0.877. The zero-order valence-electron chi connectivity index (χ0n) is 8.47. The Balaban J connectivity index is 2.90. The number of nitrogens with two attached hydrogens (primary N) is 1. The molecule has 0 aliphatic heterocycles. The number of benzene rings is 1. The molecule has 1 amide bonds. The third-order valence-corrected chi connectivity index (χ3v) is 2.45. The molecule has 0 atom stereocenters. The number of carbonyl (C=O) groups excluding carboxylic acids is 1. The van der Waals surface area contributed by atoms with Crippen LogP contribution in [0.2, 0.25) is 0 Å². The third kappa shape index (κ3) is 3.28. The van der Waals surface area contributed by atoms with Crippen molar-refractivity contribution in [2.75, 3.05) is 5.32 Å². The van der Waals surface area contributed by atoms with E-state index in [1.54, 1.807) is 13.8 Å². The van der Waals surface area contributed by atoms with Gasteiger partial charge in [0.1, 0.15) is 5.82 Å². The lowest BCUT2D eigenvalue weighted by atomic mass is 10.1. The van der Waals surface area contributed by atoms with E-state index < -0.39 is 11.4 Å². The van der Waals surface area contributed by atoms with Crippen molar-refractivity contribution >= 4 is 27.5 Å². The second kappa shape index (κ2) is 4.28. The van der Waals surface area contributed by atoms with Crippen LogP contribution in [0.4, 0.5) is 10.1 Å². The van der Waals surface area contributed by atoms with Crippen molar-refractivity contribution in [3.05, 3.63) is 28.5 Å². The molecule has 3 nitrogen and oxygen atoms in total. The molecular weight excluding hydrogens is 263 g/mol. The van der Waals surface area contributed by atoms with Gasteiger partial charge in [0.05, 0.1) is 11.2 Å². The van der Waals surface area contributed by atoms with E-state index in [1.165, 1.54) is 18.2 Å². The molecule has 0 spiro atoms. The number of amides is 1. The van der Waals surface area contributed by atoms with Crippen LogP contribution in [0.5, 0.6) is 0 Å². The fraction of sp³-hybridized carbons (Fsp3) is 0.300. The van der Waals surface area contributed by atoms with Gasteiger partial charge in [0.25, 0.3) is 0 Å². The largest absolute Gasteiger partial charge is 0.323 e. The fourth-order valence-corrected chi connectivity index (χ4v) is 1.22. The number of carbonyl (C=O) groups is 1. The molecule has 5 heteroatoms. The van der Waals surface area contributed by atoms with Gasteiger partial charge in [-0.05, 0) is 48.0 Å². The molecule has 3 N–H and O–H groups in total. The van der Waals surface area contributed by atoms with Gasteiger partial charge < -0.3 is 11.1 Å². The maximum atomic E-state index is 12.9. The summed E-state index contributed by atoms with van der Waals surface area (Å²) in [5.41, 5.74) is 4.97. The molecule has 0 unspecified atom stereocenters. The number of rotatable bonds is 2. The van der Waals surface area contributed by atoms with Gasteiger partial charge in [-0.2, -0.15) is 0 Å². The smallest absolute Gasteiger partial charge is 0.243 e. The van der Waals surface area contributed by atoms with Gasteiger partial charge >= 0.3 is 0 Å². The number of halogens is 2. The summed E-state index contributed by atoms with van der Waals surface area (Å²) in [6, 6.07) is 4.05. The lowest BCUT2D eigenvalue weighted by Crippen LogP contribution is -2.45. The average Bonchev–Trinajstić information content (AvgIpc) is 2.09. The summed E-state index contributed by atoms with van der Waals surface area (Å²) in [7, 11) is 0. The standard InChI is InChI=1S/C10H12BrFN2O/c1-10(2,13)9(15)14-8-5-6(12)3-4-7(8)11/h3-5H,13H2,1-2H3,(H,14,15). The first-order valence-electron chi connectivity index (χ1n) is 4.36. The van der Waals surface area contributed by atoms with E-state index in [0.717, 1.165) is 0 Å². The molecule has 0 fully saturated rings. The predicted octanol–water partition coefficient (Wildman–Crippen LogP) is 2.26. The summed E-state index contributed by atoms with van der Waals surface area (Å²) in [5.74, 6) is -0.780. The molecule has 0 bridgehead atoms. The average molecular weight is 275 g/mol. The van der Waals surface area contributed by atoms with Crippen LogP contribution in [0.3, 0.4) is 0 Å². The Kier molecular flexibility index (Phi) is 3.46. The first kappa shape index (κ1) is 12.1. The summed E-state index contributed by atoms with van der Waals surface area (Å²) in [4.78, 5) is 11.5. The van der Waals surface area contributed by atoms with Crippen LogP contribution in [0.15, 0.2) is 22.7 Å². The summed E-state index contributed by atoms with van der Waals surface area (Å²) in [6.45, 7) is 3.16. The number of hydrogen-bond donors (Lipinski definition) is 2. The Hall–Kier alpha value is -0.940.